The molecule has 2 bridgehead atoms. The molecule has 0 radical (unpaired) electrons. The molecule has 3 saturated heterocycles. The Kier molecular flexibility index (Phi) is 1.63. The fourth-order valence-corrected chi connectivity index (χ4v) is 3.84. The molecule has 3 aliphatic heterocycles. The molecule has 4 aliphatic rings. The van der Waals surface area contributed by atoms with E-state index < -0.39 is 0 Å². The van der Waals surface area contributed by atoms with E-state index in [1.807, 2.05) is 0 Å². The maximum absolute atomic E-state index is 9.06. The van der Waals surface area contributed by atoms with Crippen molar-refractivity contribution in [3.8, 4) is 6.07 Å². The molecule has 0 aromatic carbocycles. The van der Waals surface area contributed by atoms with Gasteiger partial charge in [0.1, 0.15) is 0 Å². The standard InChI is InChI=1S/C11H16N2/c12-7-9-1-2-10-8-3-5-13(6-4-8)11(9)10/h8-11H,1-6H2. The summed E-state index contributed by atoms with van der Waals surface area (Å²) in [5.41, 5.74) is 0. The van der Waals surface area contributed by atoms with Crippen LogP contribution < -0.4 is 0 Å². The van der Waals surface area contributed by atoms with E-state index in [4.69, 9.17) is 5.26 Å². The highest BCUT2D eigenvalue weighted by atomic mass is 15.2. The molecule has 0 spiro atoms. The predicted molar refractivity (Wildman–Crippen MR) is 49.9 cm³/mol. The predicted octanol–water partition coefficient (Wildman–Crippen LogP) is 1.63. The van der Waals surface area contributed by atoms with Gasteiger partial charge in [0.2, 0.25) is 0 Å². The third-order valence-corrected chi connectivity index (χ3v) is 4.43. The molecule has 70 valence electrons. The summed E-state index contributed by atoms with van der Waals surface area (Å²) in [6, 6.07) is 3.16. The molecule has 0 aromatic heterocycles. The average molecular weight is 176 g/mol. The molecule has 13 heavy (non-hydrogen) atoms. The zero-order valence-electron chi connectivity index (χ0n) is 7.95. The van der Waals surface area contributed by atoms with E-state index >= 15 is 0 Å². The van der Waals surface area contributed by atoms with Crippen molar-refractivity contribution < 1.29 is 0 Å². The molecule has 4 rings (SSSR count). The second kappa shape index (κ2) is 2.72. The summed E-state index contributed by atoms with van der Waals surface area (Å²) >= 11 is 0. The first kappa shape index (κ1) is 7.82. The van der Waals surface area contributed by atoms with Crippen LogP contribution in [0.25, 0.3) is 0 Å². The molecular weight excluding hydrogens is 160 g/mol. The summed E-state index contributed by atoms with van der Waals surface area (Å²) in [6.45, 7) is 2.54. The summed E-state index contributed by atoms with van der Waals surface area (Å²) < 4.78 is 0. The average Bonchev–Trinajstić information content (AvgIpc) is 2.64. The van der Waals surface area contributed by atoms with E-state index in [1.165, 1.54) is 38.8 Å². The highest BCUT2D eigenvalue weighted by molar-refractivity contribution is 5.07. The second-order valence-corrected chi connectivity index (χ2v) is 4.84. The van der Waals surface area contributed by atoms with Gasteiger partial charge < -0.3 is 0 Å². The van der Waals surface area contributed by atoms with Gasteiger partial charge in [-0.25, -0.2) is 0 Å². The Morgan fingerprint density at radius 1 is 1.08 bits per heavy atom. The van der Waals surface area contributed by atoms with E-state index in [-0.39, 0.29) is 0 Å². The molecule has 0 N–H and O–H groups in total. The Bertz CT molecular complexity index is 247. The number of nitrogens with zero attached hydrogens (tertiary/aromatic N) is 2. The van der Waals surface area contributed by atoms with Crippen molar-refractivity contribution in [2.75, 3.05) is 13.1 Å². The molecule has 2 nitrogen and oxygen atoms in total. The highest BCUT2D eigenvalue weighted by Gasteiger charge is 2.49. The number of hydrogen-bond acceptors (Lipinski definition) is 2. The Morgan fingerprint density at radius 3 is 2.54 bits per heavy atom. The van der Waals surface area contributed by atoms with Crippen LogP contribution in [0.2, 0.25) is 0 Å². The van der Waals surface area contributed by atoms with Crippen molar-refractivity contribution >= 4 is 0 Å². The lowest BCUT2D eigenvalue weighted by atomic mass is 9.74. The highest BCUT2D eigenvalue weighted by Crippen LogP contribution is 2.47. The number of hydrogen-bond donors (Lipinski definition) is 0. The van der Waals surface area contributed by atoms with Crippen molar-refractivity contribution in [2.24, 2.45) is 17.8 Å². The summed E-state index contributed by atoms with van der Waals surface area (Å²) in [7, 11) is 0. The van der Waals surface area contributed by atoms with Crippen LogP contribution in [-0.2, 0) is 0 Å². The Labute approximate surface area is 79.5 Å². The summed E-state index contributed by atoms with van der Waals surface area (Å²) in [5.74, 6) is 2.20. The van der Waals surface area contributed by atoms with E-state index in [0.29, 0.717) is 12.0 Å². The lowest BCUT2D eigenvalue weighted by molar-refractivity contribution is -0.00186. The van der Waals surface area contributed by atoms with Crippen LogP contribution >= 0.6 is 0 Å². The minimum Gasteiger partial charge on any atom is -0.299 e. The van der Waals surface area contributed by atoms with Gasteiger partial charge in [0.05, 0.1) is 12.0 Å². The lowest BCUT2D eigenvalue weighted by Crippen LogP contribution is -2.54. The Morgan fingerprint density at radius 2 is 1.85 bits per heavy atom. The molecular formula is C11H16N2. The normalized spacial score (nSPS) is 53.0. The monoisotopic (exact) mass is 176 g/mol. The molecule has 4 fully saturated rings. The van der Waals surface area contributed by atoms with Crippen LogP contribution in [-0.4, -0.2) is 24.0 Å². The molecule has 3 unspecified atom stereocenters. The van der Waals surface area contributed by atoms with Gasteiger partial charge in [0, 0.05) is 6.04 Å². The van der Waals surface area contributed by atoms with Gasteiger partial charge in [0.25, 0.3) is 0 Å². The van der Waals surface area contributed by atoms with Crippen LogP contribution in [0.4, 0.5) is 0 Å². The molecule has 0 aromatic rings. The minimum absolute atomic E-state index is 0.355. The zero-order chi connectivity index (χ0) is 8.84. The van der Waals surface area contributed by atoms with Gasteiger partial charge >= 0.3 is 0 Å². The van der Waals surface area contributed by atoms with Crippen LogP contribution in [0.1, 0.15) is 25.7 Å². The number of rotatable bonds is 0. The van der Waals surface area contributed by atoms with Crippen LogP contribution in [0.3, 0.4) is 0 Å². The second-order valence-electron chi connectivity index (χ2n) is 4.84. The lowest BCUT2D eigenvalue weighted by Gasteiger charge is -2.49. The van der Waals surface area contributed by atoms with Gasteiger partial charge in [-0.15, -0.1) is 0 Å². The van der Waals surface area contributed by atoms with Crippen molar-refractivity contribution in [3.63, 3.8) is 0 Å². The van der Waals surface area contributed by atoms with E-state index in [1.54, 1.807) is 0 Å². The zero-order valence-corrected chi connectivity index (χ0v) is 7.95. The first-order valence-electron chi connectivity index (χ1n) is 5.54. The smallest absolute Gasteiger partial charge is 0.0672 e. The number of nitriles is 1. The first-order valence-corrected chi connectivity index (χ1v) is 5.54. The molecule has 1 aliphatic carbocycles. The minimum atomic E-state index is 0.355. The summed E-state index contributed by atoms with van der Waals surface area (Å²) in [4.78, 5) is 2.59. The fourth-order valence-electron chi connectivity index (χ4n) is 3.84. The van der Waals surface area contributed by atoms with E-state index in [0.717, 1.165) is 11.8 Å². The van der Waals surface area contributed by atoms with Crippen LogP contribution in [0.15, 0.2) is 0 Å². The SMILES string of the molecule is N#CC1CCC2C3CCN(CC3)C12. The maximum Gasteiger partial charge on any atom is 0.0672 e. The molecule has 2 heteroatoms. The van der Waals surface area contributed by atoms with Gasteiger partial charge in [-0.2, -0.15) is 5.26 Å². The van der Waals surface area contributed by atoms with Gasteiger partial charge in [-0.1, -0.05) is 0 Å². The molecule has 1 saturated carbocycles. The Hall–Kier alpha value is -0.550. The molecule has 3 atom stereocenters. The van der Waals surface area contributed by atoms with Crippen molar-refractivity contribution in [2.45, 2.75) is 31.7 Å². The molecule has 3 heterocycles. The van der Waals surface area contributed by atoms with Crippen molar-refractivity contribution in [1.29, 1.82) is 5.26 Å². The number of piperidine rings is 3. The summed E-state index contributed by atoms with van der Waals surface area (Å²) in [6.07, 6.45) is 5.29. The number of fused-ring (bicyclic) bond motifs is 2. The third kappa shape index (κ3) is 0.971. The van der Waals surface area contributed by atoms with Crippen LogP contribution in [0, 0.1) is 29.1 Å². The maximum atomic E-state index is 9.06. The largest absolute Gasteiger partial charge is 0.299 e. The van der Waals surface area contributed by atoms with Crippen LogP contribution in [0.5, 0.6) is 0 Å². The third-order valence-electron chi connectivity index (χ3n) is 4.43. The fraction of sp³-hybridized carbons (Fsp3) is 0.909. The van der Waals surface area contributed by atoms with Crippen molar-refractivity contribution in [3.05, 3.63) is 0 Å². The van der Waals surface area contributed by atoms with Gasteiger partial charge in [0.15, 0.2) is 0 Å². The summed E-state index contributed by atoms with van der Waals surface area (Å²) in [5, 5.41) is 9.06. The first-order chi connectivity index (χ1) is 6.40. The Balaban J connectivity index is 1.90. The molecule has 0 amide bonds. The topological polar surface area (TPSA) is 27.0 Å². The quantitative estimate of drug-likeness (QED) is 0.561. The van der Waals surface area contributed by atoms with Gasteiger partial charge in [-0.05, 0) is 50.6 Å². The van der Waals surface area contributed by atoms with Crippen molar-refractivity contribution in [1.82, 2.24) is 4.90 Å². The van der Waals surface area contributed by atoms with E-state index in [9.17, 15) is 0 Å². The van der Waals surface area contributed by atoms with Gasteiger partial charge in [-0.3, -0.25) is 4.90 Å². The van der Waals surface area contributed by atoms with E-state index in [2.05, 4.69) is 11.0 Å².